The number of furan rings is 1. The summed E-state index contributed by atoms with van der Waals surface area (Å²) < 4.78 is 4.84. The molecule has 0 bridgehead atoms. The van der Waals surface area contributed by atoms with Crippen LogP contribution in [0.15, 0.2) is 34.9 Å². The second-order valence-corrected chi connectivity index (χ2v) is 3.72. The summed E-state index contributed by atoms with van der Waals surface area (Å²) in [6.07, 6.45) is 1.38. The van der Waals surface area contributed by atoms with Crippen LogP contribution in [-0.4, -0.2) is 22.0 Å². The Bertz CT molecular complexity index is 591. The highest BCUT2D eigenvalue weighted by atomic mass is 35.5. The summed E-state index contributed by atoms with van der Waals surface area (Å²) in [7, 11) is 0. The number of hydrogen-bond acceptors (Lipinski definition) is 4. The molecule has 1 amide bonds. The molecule has 0 aromatic carbocycles. The van der Waals surface area contributed by atoms with Crippen LogP contribution in [0.5, 0.6) is 0 Å². The third kappa shape index (κ3) is 2.67. The first-order chi connectivity index (χ1) is 8.56. The fraction of sp³-hybridized carbons (Fsp3) is 0. The molecular formula is C11H7ClN2O4. The van der Waals surface area contributed by atoms with Gasteiger partial charge in [-0.2, -0.15) is 0 Å². The average Bonchev–Trinajstić information content (AvgIpc) is 2.81. The van der Waals surface area contributed by atoms with Gasteiger partial charge in [0.2, 0.25) is 5.76 Å². The fourth-order valence-corrected chi connectivity index (χ4v) is 1.31. The van der Waals surface area contributed by atoms with E-state index in [0.29, 0.717) is 5.02 Å². The second kappa shape index (κ2) is 4.89. The maximum Gasteiger partial charge on any atom is 0.371 e. The molecule has 0 aliphatic rings. The van der Waals surface area contributed by atoms with E-state index in [1.807, 2.05) is 0 Å². The molecule has 2 aromatic rings. The maximum atomic E-state index is 11.7. The van der Waals surface area contributed by atoms with E-state index in [0.717, 1.165) is 0 Å². The van der Waals surface area contributed by atoms with E-state index >= 15 is 0 Å². The van der Waals surface area contributed by atoms with Gasteiger partial charge in [0.05, 0.1) is 5.02 Å². The van der Waals surface area contributed by atoms with Crippen molar-refractivity contribution in [3.63, 3.8) is 0 Å². The summed E-state index contributed by atoms with van der Waals surface area (Å²) in [4.78, 5) is 26.1. The molecule has 7 heteroatoms. The van der Waals surface area contributed by atoms with Gasteiger partial charge in [-0.1, -0.05) is 11.6 Å². The van der Waals surface area contributed by atoms with Crippen molar-refractivity contribution < 1.29 is 19.1 Å². The van der Waals surface area contributed by atoms with Gasteiger partial charge in [-0.3, -0.25) is 4.79 Å². The molecule has 18 heavy (non-hydrogen) atoms. The number of rotatable bonds is 3. The summed E-state index contributed by atoms with van der Waals surface area (Å²) in [5.41, 5.74) is 0. The van der Waals surface area contributed by atoms with E-state index in [2.05, 4.69) is 10.3 Å². The topological polar surface area (TPSA) is 92.4 Å². The maximum absolute atomic E-state index is 11.7. The molecular weight excluding hydrogens is 260 g/mol. The number of carboxylic acids is 1. The van der Waals surface area contributed by atoms with E-state index in [4.69, 9.17) is 21.1 Å². The van der Waals surface area contributed by atoms with Crippen molar-refractivity contribution in [1.29, 1.82) is 0 Å². The van der Waals surface area contributed by atoms with E-state index in [1.165, 1.54) is 24.4 Å². The van der Waals surface area contributed by atoms with Crippen molar-refractivity contribution in [2.24, 2.45) is 0 Å². The van der Waals surface area contributed by atoms with Crippen molar-refractivity contribution in [3.05, 3.63) is 47.0 Å². The van der Waals surface area contributed by atoms with E-state index in [1.54, 1.807) is 6.07 Å². The Balaban J connectivity index is 2.11. The Kier molecular flexibility index (Phi) is 3.29. The Hall–Kier alpha value is -2.34. The molecule has 0 saturated heterocycles. The summed E-state index contributed by atoms with van der Waals surface area (Å²) in [5, 5.41) is 11.5. The van der Waals surface area contributed by atoms with Crippen LogP contribution < -0.4 is 5.32 Å². The zero-order valence-corrected chi connectivity index (χ0v) is 9.64. The van der Waals surface area contributed by atoms with Gasteiger partial charge in [-0.25, -0.2) is 9.78 Å². The number of pyridine rings is 1. The van der Waals surface area contributed by atoms with Crippen molar-refractivity contribution in [1.82, 2.24) is 4.98 Å². The lowest BCUT2D eigenvalue weighted by molar-refractivity contribution is 0.0660. The number of carboxylic acid groups (broad SMARTS) is 1. The van der Waals surface area contributed by atoms with Crippen LogP contribution in [0, 0.1) is 0 Å². The molecule has 2 rings (SSSR count). The van der Waals surface area contributed by atoms with Crippen molar-refractivity contribution in [3.8, 4) is 0 Å². The van der Waals surface area contributed by atoms with Crippen LogP contribution in [0.2, 0.25) is 5.02 Å². The van der Waals surface area contributed by atoms with Crippen molar-refractivity contribution in [2.75, 3.05) is 5.32 Å². The minimum Gasteiger partial charge on any atom is -0.475 e. The van der Waals surface area contributed by atoms with Crippen LogP contribution in [0.3, 0.4) is 0 Å². The summed E-state index contributed by atoms with van der Waals surface area (Å²) in [5.74, 6) is -1.94. The first-order valence-electron chi connectivity index (χ1n) is 4.82. The van der Waals surface area contributed by atoms with Gasteiger partial charge >= 0.3 is 5.97 Å². The Morgan fingerprint density at radius 2 is 1.94 bits per heavy atom. The molecule has 0 saturated carbocycles. The molecule has 0 atom stereocenters. The van der Waals surface area contributed by atoms with E-state index < -0.39 is 11.9 Å². The zero-order chi connectivity index (χ0) is 13.1. The number of amides is 1. The number of nitrogens with one attached hydrogen (secondary N) is 1. The first-order valence-corrected chi connectivity index (χ1v) is 5.20. The number of halogens is 1. The van der Waals surface area contributed by atoms with Gasteiger partial charge in [0, 0.05) is 6.20 Å². The predicted molar refractivity (Wildman–Crippen MR) is 62.9 cm³/mol. The summed E-state index contributed by atoms with van der Waals surface area (Å²) in [6.45, 7) is 0. The summed E-state index contributed by atoms with van der Waals surface area (Å²) >= 11 is 5.64. The molecule has 92 valence electrons. The normalized spacial score (nSPS) is 10.1. The first kappa shape index (κ1) is 12.1. The van der Waals surface area contributed by atoms with Crippen LogP contribution in [0.25, 0.3) is 0 Å². The third-order valence-electron chi connectivity index (χ3n) is 2.01. The van der Waals surface area contributed by atoms with Gasteiger partial charge in [0.25, 0.3) is 5.91 Å². The minimum absolute atomic E-state index is 0.107. The zero-order valence-electron chi connectivity index (χ0n) is 8.88. The molecule has 0 unspecified atom stereocenters. The number of nitrogens with zero attached hydrogens (tertiary/aromatic N) is 1. The lowest BCUT2D eigenvalue weighted by Gasteiger charge is -2.01. The molecule has 2 heterocycles. The molecule has 0 aliphatic carbocycles. The Labute approximate surface area is 106 Å². The number of carbonyl (C=O) groups is 2. The quantitative estimate of drug-likeness (QED) is 0.889. The number of aromatic nitrogens is 1. The predicted octanol–water partition coefficient (Wildman–Crippen LogP) is 2.28. The number of carbonyl (C=O) groups excluding carboxylic acids is 1. The van der Waals surface area contributed by atoms with Gasteiger partial charge in [-0.15, -0.1) is 0 Å². The molecule has 0 aliphatic heterocycles. The Morgan fingerprint density at radius 3 is 2.50 bits per heavy atom. The second-order valence-electron chi connectivity index (χ2n) is 3.28. The highest BCUT2D eigenvalue weighted by molar-refractivity contribution is 6.30. The Morgan fingerprint density at radius 1 is 1.22 bits per heavy atom. The molecule has 0 fully saturated rings. The third-order valence-corrected chi connectivity index (χ3v) is 2.23. The molecule has 2 N–H and O–H groups in total. The highest BCUT2D eigenvalue weighted by Crippen LogP contribution is 2.12. The minimum atomic E-state index is -1.24. The highest BCUT2D eigenvalue weighted by Gasteiger charge is 2.15. The molecule has 0 spiro atoms. The van der Waals surface area contributed by atoms with Gasteiger partial charge in [0.15, 0.2) is 5.76 Å². The standard InChI is InChI=1S/C11H7ClN2O4/c12-6-1-4-9(13-5-6)14-10(15)7-2-3-8(18-7)11(16)17/h1-5H,(H,16,17)(H,13,14,15). The van der Waals surface area contributed by atoms with Crippen LogP contribution in [0.4, 0.5) is 5.82 Å². The molecule has 6 nitrogen and oxygen atoms in total. The van der Waals surface area contributed by atoms with E-state index in [-0.39, 0.29) is 17.3 Å². The van der Waals surface area contributed by atoms with Crippen LogP contribution in [0.1, 0.15) is 21.1 Å². The fourth-order valence-electron chi connectivity index (χ4n) is 1.20. The van der Waals surface area contributed by atoms with Gasteiger partial charge in [0.1, 0.15) is 5.82 Å². The van der Waals surface area contributed by atoms with Gasteiger partial charge < -0.3 is 14.8 Å². The number of hydrogen-bond donors (Lipinski definition) is 2. The number of aromatic carboxylic acids is 1. The largest absolute Gasteiger partial charge is 0.475 e. The molecule has 0 radical (unpaired) electrons. The van der Waals surface area contributed by atoms with Gasteiger partial charge in [-0.05, 0) is 24.3 Å². The number of anilines is 1. The van der Waals surface area contributed by atoms with Crippen molar-refractivity contribution >= 4 is 29.3 Å². The summed E-state index contributed by atoms with van der Waals surface area (Å²) in [6, 6.07) is 5.55. The SMILES string of the molecule is O=C(O)c1ccc(C(=O)Nc2ccc(Cl)cn2)o1. The smallest absolute Gasteiger partial charge is 0.371 e. The lowest BCUT2D eigenvalue weighted by atomic mass is 10.4. The molecule has 2 aromatic heterocycles. The average molecular weight is 267 g/mol. The van der Waals surface area contributed by atoms with Crippen molar-refractivity contribution in [2.45, 2.75) is 0 Å². The van der Waals surface area contributed by atoms with E-state index in [9.17, 15) is 9.59 Å². The van der Waals surface area contributed by atoms with Crippen LogP contribution >= 0.6 is 11.6 Å². The van der Waals surface area contributed by atoms with Crippen LogP contribution in [-0.2, 0) is 0 Å². The lowest BCUT2D eigenvalue weighted by Crippen LogP contribution is -2.11. The monoisotopic (exact) mass is 266 g/mol.